The van der Waals surface area contributed by atoms with Crippen LogP contribution >= 0.6 is 0 Å². The number of hydrogen-bond acceptors (Lipinski definition) is 3. The number of nitrogens with one attached hydrogen (secondary N) is 1. The number of aromatic nitrogens is 3. The minimum atomic E-state index is -4.75. The highest BCUT2D eigenvalue weighted by molar-refractivity contribution is 5.04. The Bertz CT molecular complexity index is 313. The van der Waals surface area contributed by atoms with Gasteiger partial charge < -0.3 is 4.74 Å². The molecule has 0 radical (unpaired) electrons. The van der Waals surface area contributed by atoms with Crippen LogP contribution in [0.2, 0.25) is 0 Å². The topological polar surface area (TPSA) is 50.8 Å². The van der Waals surface area contributed by atoms with E-state index in [-0.39, 0.29) is 5.41 Å². The Morgan fingerprint density at radius 2 is 1.79 bits per heavy atom. The summed E-state index contributed by atoms with van der Waals surface area (Å²) in [5.41, 5.74) is -0.389. The largest absolute Gasteiger partial charge is 0.575 e. The Morgan fingerprint density at radius 1 is 1.21 bits per heavy atom. The van der Waals surface area contributed by atoms with Gasteiger partial charge in [-0.3, -0.25) is 5.10 Å². The molecule has 1 aromatic heterocycles. The molecule has 0 aromatic carbocycles. The van der Waals surface area contributed by atoms with Crippen molar-refractivity contribution >= 4 is 0 Å². The summed E-state index contributed by atoms with van der Waals surface area (Å²) in [6, 6.07) is -0.706. The Labute approximate surface area is 78.5 Å². The lowest BCUT2D eigenvalue weighted by Gasteiger charge is -2.12. The molecule has 7 heteroatoms. The fourth-order valence-electron chi connectivity index (χ4n) is 0.731. The minimum Gasteiger partial charge on any atom is -0.369 e. The maximum absolute atomic E-state index is 11.7. The summed E-state index contributed by atoms with van der Waals surface area (Å²) in [4.78, 5) is 3.56. The van der Waals surface area contributed by atoms with E-state index >= 15 is 0 Å². The van der Waals surface area contributed by atoms with Gasteiger partial charge >= 0.3 is 12.4 Å². The zero-order valence-corrected chi connectivity index (χ0v) is 7.94. The summed E-state index contributed by atoms with van der Waals surface area (Å²) in [6.07, 6.45) is -4.75. The number of H-pyrrole nitrogens is 1. The van der Waals surface area contributed by atoms with Gasteiger partial charge in [-0.15, -0.1) is 18.3 Å². The van der Waals surface area contributed by atoms with Gasteiger partial charge in [0.15, 0.2) is 0 Å². The monoisotopic (exact) mass is 209 g/mol. The van der Waals surface area contributed by atoms with E-state index in [9.17, 15) is 13.2 Å². The number of rotatable bonds is 1. The number of alkyl halides is 3. The predicted molar refractivity (Wildman–Crippen MR) is 41.8 cm³/mol. The van der Waals surface area contributed by atoms with Gasteiger partial charge in [-0.05, 0) is 0 Å². The lowest BCUT2D eigenvalue weighted by molar-refractivity contribution is -0.277. The van der Waals surface area contributed by atoms with Crippen molar-refractivity contribution in [2.75, 3.05) is 0 Å². The van der Waals surface area contributed by atoms with Crippen molar-refractivity contribution in [2.24, 2.45) is 0 Å². The predicted octanol–water partition coefficient (Wildman–Crippen LogP) is 2.00. The van der Waals surface area contributed by atoms with Gasteiger partial charge in [0.05, 0.1) is 0 Å². The Morgan fingerprint density at radius 3 is 2.14 bits per heavy atom. The van der Waals surface area contributed by atoms with Crippen LogP contribution in [0.4, 0.5) is 13.2 Å². The van der Waals surface area contributed by atoms with Gasteiger partial charge in [0.2, 0.25) is 0 Å². The SMILES string of the molecule is CC(C)(C)c1nc(OC(F)(F)F)n[nH]1. The van der Waals surface area contributed by atoms with Crippen LogP contribution in [-0.2, 0) is 5.41 Å². The van der Waals surface area contributed by atoms with Gasteiger partial charge in [-0.25, -0.2) is 0 Å². The Kier molecular flexibility index (Phi) is 2.43. The highest BCUT2D eigenvalue weighted by Gasteiger charge is 2.33. The van der Waals surface area contributed by atoms with Crippen molar-refractivity contribution < 1.29 is 17.9 Å². The zero-order valence-electron chi connectivity index (χ0n) is 7.94. The Hall–Kier alpha value is -1.27. The summed E-state index contributed by atoms with van der Waals surface area (Å²) in [5, 5.41) is 5.67. The van der Waals surface area contributed by atoms with Gasteiger partial charge in [0, 0.05) is 5.41 Å². The summed E-state index contributed by atoms with van der Waals surface area (Å²) >= 11 is 0. The molecule has 0 saturated carbocycles. The average molecular weight is 209 g/mol. The van der Waals surface area contributed by atoms with Crippen LogP contribution in [0.1, 0.15) is 26.6 Å². The van der Waals surface area contributed by atoms with Gasteiger partial charge in [-0.2, -0.15) is 4.98 Å². The normalized spacial score (nSPS) is 13.0. The van der Waals surface area contributed by atoms with Gasteiger partial charge in [-0.1, -0.05) is 20.8 Å². The van der Waals surface area contributed by atoms with E-state index in [0.717, 1.165) is 0 Å². The van der Waals surface area contributed by atoms with Crippen molar-refractivity contribution in [1.82, 2.24) is 15.2 Å². The third-order valence-electron chi connectivity index (χ3n) is 1.38. The summed E-state index contributed by atoms with van der Waals surface area (Å²) in [6.45, 7) is 5.39. The van der Waals surface area contributed by atoms with E-state index in [1.807, 2.05) is 0 Å². The van der Waals surface area contributed by atoms with Crippen LogP contribution in [-0.4, -0.2) is 21.5 Å². The maximum atomic E-state index is 11.7. The fraction of sp³-hybridized carbons (Fsp3) is 0.714. The highest BCUT2D eigenvalue weighted by atomic mass is 19.4. The van der Waals surface area contributed by atoms with E-state index < -0.39 is 12.4 Å². The van der Waals surface area contributed by atoms with Crippen LogP contribution < -0.4 is 4.74 Å². The molecule has 0 aliphatic carbocycles. The quantitative estimate of drug-likeness (QED) is 0.769. The second-order valence-electron chi connectivity index (χ2n) is 3.76. The Balaban J connectivity index is 2.79. The molecular formula is C7H10F3N3O. The van der Waals surface area contributed by atoms with E-state index in [1.54, 1.807) is 20.8 Å². The molecule has 1 N–H and O–H groups in total. The molecule has 4 nitrogen and oxygen atoms in total. The van der Waals surface area contributed by atoms with Crippen molar-refractivity contribution in [1.29, 1.82) is 0 Å². The molecule has 80 valence electrons. The second kappa shape index (κ2) is 3.14. The van der Waals surface area contributed by atoms with Crippen LogP contribution in [0, 0.1) is 0 Å². The molecule has 0 atom stereocenters. The number of halogens is 3. The molecule has 0 unspecified atom stereocenters. The first-order chi connectivity index (χ1) is 6.18. The first kappa shape index (κ1) is 10.8. The van der Waals surface area contributed by atoms with E-state index in [1.165, 1.54) is 0 Å². The third-order valence-corrected chi connectivity index (χ3v) is 1.38. The number of aromatic amines is 1. The van der Waals surface area contributed by atoms with Crippen molar-refractivity contribution in [2.45, 2.75) is 32.5 Å². The molecule has 1 heterocycles. The molecule has 1 rings (SSSR count). The number of nitrogens with zero attached hydrogens (tertiary/aromatic N) is 2. The fourth-order valence-corrected chi connectivity index (χ4v) is 0.731. The summed E-state index contributed by atoms with van der Waals surface area (Å²) in [5.74, 6) is 0.344. The third kappa shape index (κ3) is 2.90. The zero-order chi connectivity index (χ0) is 11.0. The smallest absolute Gasteiger partial charge is 0.369 e. The molecule has 0 aliphatic rings. The molecule has 0 saturated heterocycles. The molecule has 0 aliphatic heterocycles. The van der Waals surface area contributed by atoms with Crippen LogP contribution in [0.25, 0.3) is 0 Å². The summed E-state index contributed by atoms with van der Waals surface area (Å²) < 4.78 is 38.7. The van der Waals surface area contributed by atoms with Crippen molar-refractivity contribution in [3.63, 3.8) is 0 Å². The number of ether oxygens (including phenoxy) is 1. The molecule has 0 spiro atoms. The highest BCUT2D eigenvalue weighted by Crippen LogP contribution is 2.22. The van der Waals surface area contributed by atoms with Crippen molar-refractivity contribution in [3.8, 4) is 6.01 Å². The van der Waals surface area contributed by atoms with E-state index in [4.69, 9.17) is 0 Å². The standard InChI is InChI=1S/C7H10F3N3O/c1-6(2,3)4-11-5(13-12-4)14-7(8,9)10/h1-3H3,(H,11,12,13). The molecule has 14 heavy (non-hydrogen) atoms. The van der Waals surface area contributed by atoms with Gasteiger partial charge in [0.25, 0.3) is 0 Å². The van der Waals surface area contributed by atoms with Crippen LogP contribution in [0.15, 0.2) is 0 Å². The molecule has 1 aromatic rings. The van der Waals surface area contributed by atoms with Crippen LogP contribution in [0.5, 0.6) is 6.01 Å². The van der Waals surface area contributed by atoms with Gasteiger partial charge in [0.1, 0.15) is 5.82 Å². The first-order valence-electron chi connectivity index (χ1n) is 3.87. The van der Waals surface area contributed by atoms with Crippen LogP contribution in [0.3, 0.4) is 0 Å². The van der Waals surface area contributed by atoms with E-state index in [2.05, 4.69) is 19.9 Å². The molecule has 0 fully saturated rings. The minimum absolute atomic E-state index is 0.344. The summed E-state index contributed by atoms with van der Waals surface area (Å²) in [7, 11) is 0. The lowest BCUT2D eigenvalue weighted by atomic mass is 9.96. The van der Waals surface area contributed by atoms with E-state index in [0.29, 0.717) is 5.82 Å². The number of hydrogen-bond donors (Lipinski definition) is 1. The second-order valence-corrected chi connectivity index (χ2v) is 3.76. The molecule has 0 bridgehead atoms. The lowest BCUT2D eigenvalue weighted by Crippen LogP contribution is -2.18. The molecular weight excluding hydrogens is 199 g/mol. The first-order valence-corrected chi connectivity index (χ1v) is 3.87. The van der Waals surface area contributed by atoms with Crippen molar-refractivity contribution in [3.05, 3.63) is 5.82 Å². The molecule has 0 amide bonds. The maximum Gasteiger partial charge on any atom is 0.575 e. The average Bonchev–Trinajstić information content (AvgIpc) is 2.29.